The number of anilines is 3. The van der Waals surface area contributed by atoms with Crippen LogP contribution in [-0.2, 0) is 4.79 Å². The second-order valence-corrected chi connectivity index (χ2v) is 4.54. The fourth-order valence-corrected chi connectivity index (χ4v) is 2.27. The van der Waals surface area contributed by atoms with Crippen LogP contribution in [0.15, 0.2) is 0 Å². The lowest BCUT2D eigenvalue weighted by Crippen LogP contribution is -2.42. The molecule has 1 aliphatic rings. The van der Waals surface area contributed by atoms with Gasteiger partial charge in [0.1, 0.15) is 11.6 Å². The maximum Gasteiger partial charge on any atom is 0.223 e. The first-order valence-corrected chi connectivity index (χ1v) is 6.00. The van der Waals surface area contributed by atoms with Gasteiger partial charge in [0.15, 0.2) is 0 Å². The van der Waals surface area contributed by atoms with Gasteiger partial charge in [-0.3, -0.25) is 4.79 Å². The molecule has 1 aromatic rings. The molecule has 0 aliphatic carbocycles. The van der Waals surface area contributed by atoms with Gasteiger partial charge in [-0.2, -0.15) is 9.97 Å². The SMILES string of the molecule is N=Cc1c(N)nc(N)nc1N1CCC[C@@H](C(N)=O)C1. The van der Waals surface area contributed by atoms with E-state index in [0.29, 0.717) is 17.9 Å². The molecule has 2 rings (SSSR count). The van der Waals surface area contributed by atoms with Gasteiger partial charge in [-0.1, -0.05) is 0 Å². The molecule has 102 valence electrons. The Balaban J connectivity index is 2.35. The van der Waals surface area contributed by atoms with Crippen LogP contribution in [0.5, 0.6) is 0 Å². The van der Waals surface area contributed by atoms with Gasteiger partial charge in [0.2, 0.25) is 11.9 Å². The zero-order valence-corrected chi connectivity index (χ0v) is 10.5. The third kappa shape index (κ3) is 2.56. The highest BCUT2D eigenvalue weighted by Crippen LogP contribution is 2.26. The van der Waals surface area contributed by atoms with Crippen molar-refractivity contribution < 1.29 is 4.79 Å². The summed E-state index contributed by atoms with van der Waals surface area (Å²) in [5.41, 5.74) is 17.1. The number of rotatable bonds is 3. The molecule has 1 aliphatic heterocycles. The smallest absolute Gasteiger partial charge is 0.223 e. The molecule has 19 heavy (non-hydrogen) atoms. The van der Waals surface area contributed by atoms with Crippen LogP contribution in [-0.4, -0.2) is 35.2 Å². The number of amides is 1. The van der Waals surface area contributed by atoms with E-state index >= 15 is 0 Å². The standard InChI is InChI=1S/C11H17N7O/c12-4-7-8(13)16-11(15)17-10(7)18-3-1-2-6(5-18)9(14)19/h4,6,12H,1-3,5H2,(H2,14,19)(H4,13,15,16,17)/t6-/m1/s1. The molecule has 2 heterocycles. The van der Waals surface area contributed by atoms with E-state index in [9.17, 15) is 4.79 Å². The second kappa shape index (κ2) is 5.09. The van der Waals surface area contributed by atoms with Crippen molar-refractivity contribution in [1.29, 1.82) is 5.41 Å². The summed E-state index contributed by atoms with van der Waals surface area (Å²) in [6.07, 6.45) is 2.69. The van der Waals surface area contributed by atoms with Crippen LogP contribution in [0.25, 0.3) is 0 Å². The van der Waals surface area contributed by atoms with Crippen molar-refractivity contribution in [3.8, 4) is 0 Å². The maximum absolute atomic E-state index is 11.3. The van der Waals surface area contributed by atoms with Gasteiger partial charge >= 0.3 is 0 Å². The molecule has 1 fully saturated rings. The van der Waals surface area contributed by atoms with Gasteiger partial charge in [0, 0.05) is 19.3 Å². The first kappa shape index (κ1) is 13.1. The maximum atomic E-state index is 11.3. The molecule has 1 aromatic heterocycles. The van der Waals surface area contributed by atoms with Crippen molar-refractivity contribution in [2.45, 2.75) is 12.8 Å². The number of carbonyl (C=O) groups excluding carboxylic acids is 1. The zero-order valence-electron chi connectivity index (χ0n) is 10.5. The average Bonchev–Trinajstić information content (AvgIpc) is 2.38. The summed E-state index contributed by atoms with van der Waals surface area (Å²) in [5, 5.41) is 7.41. The van der Waals surface area contributed by atoms with Crippen LogP contribution in [0.1, 0.15) is 18.4 Å². The van der Waals surface area contributed by atoms with Gasteiger partial charge in [-0.15, -0.1) is 0 Å². The van der Waals surface area contributed by atoms with Crippen molar-refractivity contribution in [2.75, 3.05) is 29.5 Å². The molecule has 0 saturated carbocycles. The molecule has 0 bridgehead atoms. The highest BCUT2D eigenvalue weighted by molar-refractivity contribution is 5.91. The Morgan fingerprint density at radius 2 is 2.16 bits per heavy atom. The first-order chi connectivity index (χ1) is 9.02. The third-order valence-corrected chi connectivity index (χ3v) is 3.24. The number of nitrogen functional groups attached to an aromatic ring is 2. The van der Waals surface area contributed by atoms with Crippen molar-refractivity contribution in [2.24, 2.45) is 11.7 Å². The number of aromatic nitrogens is 2. The van der Waals surface area contributed by atoms with Crippen LogP contribution < -0.4 is 22.1 Å². The Kier molecular flexibility index (Phi) is 3.50. The largest absolute Gasteiger partial charge is 0.383 e. The second-order valence-electron chi connectivity index (χ2n) is 4.54. The number of nitrogens with one attached hydrogen (secondary N) is 1. The van der Waals surface area contributed by atoms with Gasteiger partial charge < -0.3 is 27.5 Å². The topological polar surface area (TPSA) is 148 Å². The number of hydrogen-bond donors (Lipinski definition) is 4. The molecule has 0 unspecified atom stereocenters. The van der Waals surface area contributed by atoms with Crippen LogP contribution in [0.4, 0.5) is 17.6 Å². The summed E-state index contributed by atoms with van der Waals surface area (Å²) in [5.74, 6) is 0.171. The molecule has 7 N–H and O–H groups in total. The molecule has 1 atom stereocenters. The number of piperidine rings is 1. The van der Waals surface area contributed by atoms with E-state index in [2.05, 4.69) is 9.97 Å². The summed E-state index contributed by atoms with van der Waals surface area (Å²) in [7, 11) is 0. The van der Waals surface area contributed by atoms with Crippen molar-refractivity contribution >= 4 is 29.7 Å². The fourth-order valence-electron chi connectivity index (χ4n) is 2.27. The predicted molar refractivity (Wildman–Crippen MR) is 72.9 cm³/mol. The minimum atomic E-state index is -0.323. The van der Waals surface area contributed by atoms with E-state index < -0.39 is 0 Å². The van der Waals surface area contributed by atoms with Crippen molar-refractivity contribution in [1.82, 2.24) is 9.97 Å². The van der Waals surface area contributed by atoms with E-state index in [0.717, 1.165) is 25.6 Å². The molecule has 8 nitrogen and oxygen atoms in total. The Morgan fingerprint density at radius 3 is 2.79 bits per heavy atom. The molecule has 0 aromatic carbocycles. The Bertz CT molecular complexity index is 516. The molecular weight excluding hydrogens is 246 g/mol. The summed E-state index contributed by atoms with van der Waals surface area (Å²) < 4.78 is 0. The minimum Gasteiger partial charge on any atom is -0.383 e. The lowest BCUT2D eigenvalue weighted by molar-refractivity contribution is -0.122. The van der Waals surface area contributed by atoms with E-state index in [1.807, 2.05) is 4.90 Å². The summed E-state index contributed by atoms with van der Waals surface area (Å²) in [6, 6.07) is 0. The normalized spacial score (nSPS) is 19.2. The number of primary amides is 1. The summed E-state index contributed by atoms with van der Waals surface area (Å²) in [6.45, 7) is 1.19. The highest BCUT2D eigenvalue weighted by Gasteiger charge is 2.26. The van der Waals surface area contributed by atoms with Crippen LogP contribution in [0.3, 0.4) is 0 Å². The monoisotopic (exact) mass is 263 g/mol. The van der Waals surface area contributed by atoms with Gasteiger partial charge in [0.25, 0.3) is 0 Å². The average molecular weight is 263 g/mol. The molecule has 0 radical (unpaired) electrons. The number of carbonyl (C=O) groups is 1. The zero-order chi connectivity index (χ0) is 14.0. The van der Waals surface area contributed by atoms with Gasteiger partial charge in [-0.05, 0) is 12.8 Å². The van der Waals surface area contributed by atoms with Crippen molar-refractivity contribution in [3.05, 3.63) is 5.56 Å². The Hall–Kier alpha value is -2.38. The van der Waals surface area contributed by atoms with Crippen LogP contribution >= 0.6 is 0 Å². The van der Waals surface area contributed by atoms with E-state index in [1.54, 1.807) is 0 Å². The number of nitrogens with two attached hydrogens (primary N) is 3. The minimum absolute atomic E-state index is 0.0549. The first-order valence-electron chi connectivity index (χ1n) is 6.00. The van der Waals surface area contributed by atoms with Gasteiger partial charge in [0.05, 0.1) is 11.5 Å². The molecular formula is C11H17N7O. The van der Waals surface area contributed by atoms with E-state index in [1.165, 1.54) is 0 Å². The summed E-state index contributed by atoms with van der Waals surface area (Å²) >= 11 is 0. The lowest BCUT2D eigenvalue weighted by Gasteiger charge is -2.33. The van der Waals surface area contributed by atoms with Crippen LogP contribution in [0.2, 0.25) is 0 Å². The fraction of sp³-hybridized carbons (Fsp3) is 0.455. The molecule has 8 heteroatoms. The number of hydrogen-bond acceptors (Lipinski definition) is 7. The van der Waals surface area contributed by atoms with Crippen molar-refractivity contribution in [3.63, 3.8) is 0 Å². The number of nitrogens with zero attached hydrogens (tertiary/aromatic N) is 3. The third-order valence-electron chi connectivity index (χ3n) is 3.24. The van der Waals surface area contributed by atoms with E-state index in [-0.39, 0.29) is 23.6 Å². The molecule has 0 spiro atoms. The Morgan fingerprint density at radius 1 is 1.42 bits per heavy atom. The van der Waals surface area contributed by atoms with Gasteiger partial charge in [-0.25, -0.2) is 0 Å². The van der Waals surface area contributed by atoms with E-state index in [4.69, 9.17) is 22.6 Å². The quantitative estimate of drug-likeness (QED) is 0.532. The Labute approximate surface area is 110 Å². The molecule has 1 amide bonds. The predicted octanol–water partition coefficient (Wildman–Crippen LogP) is -0.660. The molecule has 1 saturated heterocycles. The lowest BCUT2D eigenvalue weighted by atomic mass is 9.97. The highest BCUT2D eigenvalue weighted by atomic mass is 16.1. The summed E-state index contributed by atoms with van der Waals surface area (Å²) in [4.78, 5) is 21.1. The van der Waals surface area contributed by atoms with Crippen LogP contribution in [0, 0.1) is 11.3 Å².